The highest BCUT2D eigenvalue weighted by atomic mass is 16.5. The smallest absolute Gasteiger partial charge is 0.276 e. The van der Waals surface area contributed by atoms with Crippen LogP contribution in [0, 0.1) is 5.92 Å². The number of aromatic nitrogens is 2. The fraction of sp³-hybridized carbons (Fsp3) is 0.412. The number of nitrogens with one attached hydrogen (secondary N) is 2. The molecule has 0 saturated carbocycles. The number of aromatic amines is 1. The average Bonchev–Trinajstić information content (AvgIpc) is 3.03. The molecule has 5 heteroatoms. The highest BCUT2D eigenvalue weighted by molar-refractivity contribution is 6.03. The summed E-state index contributed by atoms with van der Waals surface area (Å²) in [6, 6.07) is 7.55. The molecule has 0 bridgehead atoms. The highest BCUT2D eigenvalue weighted by Gasteiger charge is 2.19. The monoisotopic (exact) mass is 299 g/mol. The summed E-state index contributed by atoms with van der Waals surface area (Å²) in [5, 5.41) is 9.90. The number of rotatable bonds is 4. The number of benzene rings is 1. The van der Waals surface area contributed by atoms with Gasteiger partial charge in [0.25, 0.3) is 5.91 Å². The Balaban J connectivity index is 1.69. The fourth-order valence-corrected chi connectivity index (χ4v) is 2.72. The van der Waals surface area contributed by atoms with Gasteiger partial charge in [0.15, 0.2) is 5.69 Å². The van der Waals surface area contributed by atoms with Crippen molar-refractivity contribution in [3.05, 3.63) is 41.2 Å². The van der Waals surface area contributed by atoms with Gasteiger partial charge in [-0.25, -0.2) is 0 Å². The summed E-state index contributed by atoms with van der Waals surface area (Å²) in [6.45, 7) is 6.31. The van der Waals surface area contributed by atoms with Crippen molar-refractivity contribution < 1.29 is 9.53 Å². The number of nitrogens with zero attached hydrogens (tertiary/aromatic N) is 1. The second-order valence-electron chi connectivity index (χ2n) is 6.29. The molecule has 2 aromatic rings. The molecule has 0 fully saturated rings. The lowest BCUT2D eigenvalue weighted by Gasteiger charge is -2.05. The van der Waals surface area contributed by atoms with E-state index in [4.69, 9.17) is 4.74 Å². The van der Waals surface area contributed by atoms with E-state index in [1.165, 1.54) is 0 Å². The third-order valence-corrected chi connectivity index (χ3v) is 3.65. The van der Waals surface area contributed by atoms with Crippen molar-refractivity contribution >= 4 is 11.6 Å². The molecule has 2 heterocycles. The van der Waals surface area contributed by atoms with Crippen molar-refractivity contribution in [2.45, 2.75) is 39.7 Å². The van der Waals surface area contributed by atoms with Crippen LogP contribution in [0.5, 0.6) is 5.75 Å². The molecule has 1 unspecified atom stereocenters. The summed E-state index contributed by atoms with van der Waals surface area (Å²) in [5.41, 5.74) is 3.31. The second-order valence-corrected chi connectivity index (χ2v) is 6.29. The molecule has 22 heavy (non-hydrogen) atoms. The van der Waals surface area contributed by atoms with Gasteiger partial charge in [-0.15, -0.1) is 0 Å². The molecule has 0 spiro atoms. The maximum atomic E-state index is 12.3. The Kier molecular flexibility index (Phi) is 3.88. The Labute approximate surface area is 130 Å². The van der Waals surface area contributed by atoms with Crippen LogP contribution in [0.3, 0.4) is 0 Å². The van der Waals surface area contributed by atoms with Crippen LogP contribution >= 0.6 is 0 Å². The number of H-pyrrole nitrogens is 1. The Morgan fingerprint density at radius 1 is 1.45 bits per heavy atom. The molecular formula is C17H21N3O2. The fourth-order valence-electron chi connectivity index (χ4n) is 2.72. The van der Waals surface area contributed by atoms with E-state index >= 15 is 0 Å². The zero-order valence-electron chi connectivity index (χ0n) is 13.1. The summed E-state index contributed by atoms with van der Waals surface area (Å²) in [4.78, 5) is 12.3. The number of anilines is 1. The number of hydrogen-bond acceptors (Lipinski definition) is 3. The van der Waals surface area contributed by atoms with Gasteiger partial charge in [0, 0.05) is 17.8 Å². The number of fused-ring (bicyclic) bond motifs is 1. The summed E-state index contributed by atoms with van der Waals surface area (Å²) in [7, 11) is 0. The molecule has 5 nitrogen and oxygen atoms in total. The molecular weight excluding hydrogens is 278 g/mol. The first-order valence-corrected chi connectivity index (χ1v) is 7.66. The van der Waals surface area contributed by atoms with Crippen LogP contribution in [0.4, 0.5) is 5.69 Å². The molecule has 1 atom stereocenters. The third kappa shape index (κ3) is 3.13. The Morgan fingerprint density at radius 2 is 2.27 bits per heavy atom. The molecule has 116 valence electrons. The zero-order chi connectivity index (χ0) is 15.7. The second kappa shape index (κ2) is 5.83. The van der Waals surface area contributed by atoms with E-state index in [-0.39, 0.29) is 12.0 Å². The normalized spacial score (nSPS) is 16.5. The molecule has 0 aliphatic carbocycles. The molecule has 1 amide bonds. The lowest BCUT2D eigenvalue weighted by atomic mass is 10.1. The average molecular weight is 299 g/mol. The maximum absolute atomic E-state index is 12.3. The maximum Gasteiger partial charge on any atom is 0.276 e. The summed E-state index contributed by atoms with van der Waals surface area (Å²) >= 11 is 0. The van der Waals surface area contributed by atoms with Crippen LogP contribution in [0.25, 0.3) is 0 Å². The minimum atomic E-state index is -0.196. The van der Waals surface area contributed by atoms with Crippen LogP contribution in [0.2, 0.25) is 0 Å². The van der Waals surface area contributed by atoms with Crippen molar-refractivity contribution in [3.63, 3.8) is 0 Å². The van der Waals surface area contributed by atoms with Gasteiger partial charge in [-0.1, -0.05) is 13.8 Å². The predicted molar refractivity (Wildman–Crippen MR) is 85.3 cm³/mol. The molecule has 1 aromatic heterocycles. The topological polar surface area (TPSA) is 67.0 Å². The van der Waals surface area contributed by atoms with Crippen LogP contribution in [0.15, 0.2) is 24.3 Å². The van der Waals surface area contributed by atoms with E-state index in [2.05, 4.69) is 29.4 Å². The molecule has 1 aliphatic rings. The first-order chi connectivity index (χ1) is 10.5. The number of hydrogen-bond donors (Lipinski definition) is 2. The van der Waals surface area contributed by atoms with Crippen molar-refractivity contribution in [3.8, 4) is 5.75 Å². The SMILES string of the molecule is CC(C)Cc1cc(C(=O)Nc2ccc3c(c2)CC(C)O3)n[nH]1. The Morgan fingerprint density at radius 3 is 3.05 bits per heavy atom. The lowest BCUT2D eigenvalue weighted by molar-refractivity contribution is 0.102. The number of carbonyl (C=O) groups excluding carboxylic acids is 1. The largest absolute Gasteiger partial charge is 0.490 e. The van der Waals surface area contributed by atoms with Gasteiger partial charge >= 0.3 is 0 Å². The van der Waals surface area contributed by atoms with Crippen molar-refractivity contribution in [2.24, 2.45) is 5.92 Å². The van der Waals surface area contributed by atoms with Gasteiger partial charge in [0.05, 0.1) is 0 Å². The Hall–Kier alpha value is -2.30. The van der Waals surface area contributed by atoms with Crippen molar-refractivity contribution in [2.75, 3.05) is 5.32 Å². The van der Waals surface area contributed by atoms with E-state index in [0.717, 1.165) is 35.5 Å². The summed E-state index contributed by atoms with van der Waals surface area (Å²) < 4.78 is 5.66. The third-order valence-electron chi connectivity index (χ3n) is 3.65. The standard InChI is InChI=1S/C17H21N3O2/c1-10(2)6-14-9-15(20-19-14)17(21)18-13-4-5-16-12(8-13)7-11(3)22-16/h4-5,8-11H,6-7H2,1-3H3,(H,18,21)(H,19,20). The minimum Gasteiger partial charge on any atom is -0.490 e. The summed E-state index contributed by atoms with van der Waals surface area (Å²) in [5.74, 6) is 1.23. The number of ether oxygens (including phenoxy) is 1. The van der Waals surface area contributed by atoms with Crippen LogP contribution in [-0.4, -0.2) is 22.2 Å². The van der Waals surface area contributed by atoms with Gasteiger partial charge in [-0.3, -0.25) is 9.89 Å². The molecule has 0 radical (unpaired) electrons. The van der Waals surface area contributed by atoms with Crippen LogP contribution in [-0.2, 0) is 12.8 Å². The van der Waals surface area contributed by atoms with E-state index in [1.54, 1.807) is 0 Å². The van der Waals surface area contributed by atoms with Crippen molar-refractivity contribution in [1.82, 2.24) is 10.2 Å². The van der Waals surface area contributed by atoms with E-state index in [9.17, 15) is 4.79 Å². The van der Waals surface area contributed by atoms with E-state index in [0.29, 0.717) is 11.6 Å². The summed E-state index contributed by atoms with van der Waals surface area (Å²) in [6.07, 6.45) is 1.96. The number of amides is 1. The van der Waals surface area contributed by atoms with Gasteiger partial charge in [-0.2, -0.15) is 5.10 Å². The number of carbonyl (C=O) groups is 1. The highest BCUT2D eigenvalue weighted by Crippen LogP contribution is 2.31. The minimum absolute atomic E-state index is 0.196. The van der Waals surface area contributed by atoms with E-state index < -0.39 is 0 Å². The van der Waals surface area contributed by atoms with Crippen LogP contribution < -0.4 is 10.1 Å². The molecule has 0 saturated heterocycles. The molecule has 3 rings (SSSR count). The van der Waals surface area contributed by atoms with Gasteiger partial charge in [-0.05, 0) is 49.1 Å². The molecule has 2 N–H and O–H groups in total. The van der Waals surface area contributed by atoms with E-state index in [1.807, 2.05) is 31.2 Å². The predicted octanol–water partition coefficient (Wildman–Crippen LogP) is 3.18. The van der Waals surface area contributed by atoms with Gasteiger partial charge in [0.1, 0.15) is 11.9 Å². The molecule has 1 aromatic carbocycles. The lowest BCUT2D eigenvalue weighted by Crippen LogP contribution is -2.12. The van der Waals surface area contributed by atoms with Gasteiger partial charge in [0.2, 0.25) is 0 Å². The first-order valence-electron chi connectivity index (χ1n) is 7.66. The first kappa shape index (κ1) is 14.6. The quantitative estimate of drug-likeness (QED) is 0.911. The molecule has 1 aliphatic heterocycles. The zero-order valence-corrected chi connectivity index (χ0v) is 13.1. The Bertz CT molecular complexity index is 691. The van der Waals surface area contributed by atoms with Gasteiger partial charge < -0.3 is 10.1 Å². The van der Waals surface area contributed by atoms with Crippen LogP contribution in [0.1, 0.15) is 42.5 Å². The van der Waals surface area contributed by atoms with Crippen molar-refractivity contribution in [1.29, 1.82) is 0 Å².